The third-order valence-electron chi connectivity index (χ3n) is 3.47. The van der Waals surface area contributed by atoms with Gasteiger partial charge in [-0.25, -0.2) is 0 Å². The van der Waals surface area contributed by atoms with Crippen LogP contribution in [0.4, 0.5) is 0 Å². The number of fused-ring (bicyclic) bond motifs is 1. The number of amides is 2. The van der Waals surface area contributed by atoms with Gasteiger partial charge in [-0.05, 0) is 17.7 Å². The Kier molecular flexibility index (Phi) is 3.62. The van der Waals surface area contributed by atoms with Crippen molar-refractivity contribution in [1.82, 2.24) is 10.3 Å². The number of aromatic amines is 1. The molecule has 110 valence electrons. The third kappa shape index (κ3) is 2.69. The zero-order valence-electron chi connectivity index (χ0n) is 11.7. The van der Waals surface area contributed by atoms with Crippen molar-refractivity contribution in [3.05, 3.63) is 71.9 Å². The first-order chi connectivity index (χ1) is 10.6. The van der Waals surface area contributed by atoms with Gasteiger partial charge in [0.2, 0.25) is 5.91 Å². The zero-order valence-corrected chi connectivity index (χ0v) is 11.7. The summed E-state index contributed by atoms with van der Waals surface area (Å²) in [5.41, 5.74) is 7.31. The number of carbonyl (C=O) groups is 2. The number of nitrogens with one attached hydrogen (secondary N) is 2. The molecule has 0 radical (unpaired) electrons. The average Bonchev–Trinajstić information content (AvgIpc) is 2.97. The first-order valence-corrected chi connectivity index (χ1v) is 6.88. The Labute approximate surface area is 127 Å². The minimum absolute atomic E-state index is 0.371. The summed E-state index contributed by atoms with van der Waals surface area (Å²) in [7, 11) is 0. The number of nitrogens with two attached hydrogens (primary N) is 1. The molecule has 0 aliphatic carbocycles. The van der Waals surface area contributed by atoms with Crippen LogP contribution in [-0.2, 0) is 4.79 Å². The highest BCUT2D eigenvalue weighted by atomic mass is 16.2. The summed E-state index contributed by atoms with van der Waals surface area (Å²) < 4.78 is 0. The van der Waals surface area contributed by atoms with Crippen molar-refractivity contribution in [2.24, 2.45) is 5.73 Å². The molecule has 2 aromatic carbocycles. The number of primary amides is 1. The number of aromatic nitrogens is 1. The SMILES string of the molecule is NC(=O)[C@@H](NC(=O)c1cc2ccccc2[nH]1)c1ccccc1. The van der Waals surface area contributed by atoms with Crippen LogP contribution in [0.3, 0.4) is 0 Å². The van der Waals surface area contributed by atoms with Crippen molar-refractivity contribution < 1.29 is 9.59 Å². The maximum Gasteiger partial charge on any atom is 0.268 e. The number of para-hydroxylation sites is 1. The maximum absolute atomic E-state index is 12.4. The van der Waals surface area contributed by atoms with Crippen molar-refractivity contribution in [3.63, 3.8) is 0 Å². The highest BCUT2D eigenvalue weighted by Crippen LogP contribution is 2.17. The second-order valence-electron chi connectivity index (χ2n) is 4.99. The summed E-state index contributed by atoms with van der Waals surface area (Å²) in [5, 5.41) is 3.60. The van der Waals surface area contributed by atoms with Crippen molar-refractivity contribution in [2.75, 3.05) is 0 Å². The molecule has 0 saturated carbocycles. The molecule has 0 saturated heterocycles. The van der Waals surface area contributed by atoms with E-state index >= 15 is 0 Å². The lowest BCUT2D eigenvalue weighted by Crippen LogP contribution is -2.37. The number of H-pyrrole nitrogens is 1. The molecule has 2 amide bonds. The van der Waals surface area contributed by atoms with E-state index in [9.17, 15) is 9.59 Å². The fraction of sp³-hybridized carbons (Fsp3) is 0.0588. The monoisotopic (exact) mass is 293 g/mol. The van der Waals surface area contributed by atoms with E-state index < -0.39 is 11.9 Å². The Morgan fingerprint density at radius 3 is 2.36 bits per heavy atom. The molecule has 3 aromatic rings. The molecule has 1 atom stereocenters. The van der Waals surface area contributed by atoms with Gasteiger partial charge in [-0.1, -0.05) is 48.5 Å². The number of hydrogen-bond donors (Lipinski definition) is 3. The molecule has 1 heterocycles. The summed E-state index contributed by atoms with van der Waals surface area (Å²) in [6.45, 7) is 0. The smallest absolute Gasteiger partial charge is 0.268 e. The van der Waals surface area contributed by atoms with Crippen molar-refractivity contribution in [2.45, 2.75) is 6.04 Å². The largest absolute Gasteiger partial charge is 0.368 e. The summed E-state index contributed by atoms with van der Waals surface area (Å²) >= 11 is 0. The second kappa shape index (κ2) is 5.73. The van der Waals surface area contributed by atoms with Gasteiger partial charge in [-0.2, -0.15) is 0 Å². The standard InChI is InChI=1S/C17H15N3O2/c18-16(21)15(11-6-2-1-3-7-11)20-17(22)14-10-12-8-4-5-9-13(12)19-14/h1-10,15,19H,(H2,18,21)(H,20,22)/t15-/m0/s1. The van der Waals surface area contributed by atoms with E-state index in [-0.39, 0.29) is 5.91 Å². The van der Waals surface area contributed by atoms with Crippen molar-refractivity contribution in [1.29, 1.82) is 0 Å². The van der Waals surface area contributed by atoms with Gasteiger partial charge in [0.15, 0.2) is 0 Å². The zero-order chi connectivity index (χ0) is 15.5. The van der Waals surface area contributed by atoms with Crippen LogP contribution < -0.4 is 11.1 Å². The Hall–Kier alpha value is -3.08. The highest BCUT2D eigenvalue weighted by molar-refractivity contribution is 6.00. The molecular formula is C17H15N3O2. The Morgan fingerprint density at radius 2 is 1.68 bits per heavy atom. The molecule has 0 spiro atoms. The van der Waals surface area contributed by atoms with E-state index in [2.05, 4.69) is 10.3 Å². The first kappa shape index (κ1) is 13.9. The number of rotatable bonds is 4. The summed E-state index contributed by atoms with van der Waals surface area (Å²) in [5.74, 6) is -0.973. The quantitative estimate of drug-likeness (QED) is 0.688. The molecule has 1 aromatic heterocycles. The first-order valence-electron chi connectivity index (χ1n) is 6.88. The van der Waals surface area contributed by atoms with Gasteiger partial charge in [-0.15, -0.1) is 0 Å². The van der Waals surface area contributed by atoms with E-state index in [1.807, 2.05) is 30.3 Å². The topological polar surface area (TPSA) is 88.0 Å². The van der Waals surface area contributed by atoms with E-state index in [4.69, 9.17) is 5.73 Å². The van der Waals surface area contributed by atoms with Crippen LogP contribution in [-0.4, -0.2) is 16.8 Å². The fourth-order valence-corrected chi connectivity index (χ4v) is 2.37. The van der Waals surface area contributed by atoms with Crippen LogP contribution in [0.2, 0.25) is 0 Å². The number of carbonyl (C=O) groups excluding carboxylic acids is 2. The van der Waals surface area contributed by atoms with Crippen molar-refractivity contribution >= 4 is 22.7 Å². The molecule has 3 rings (SSSR count). The van der Waals surface area contributed by atoms with Crippen molar-refractivity contribution in [3.8, 4) is 0 Å². The van der Waals surface area contributed by atoms with E-state index in [1.54, 1.807) is 30.3 Å². The Balaban J connectivity index is 1.86. The molecule has 0 fully saturated rings. The molecule has 0 aliphatic heterocycles. The summed E-state index contributed by atoms with van der Waals surface area (Å²) in [4.78, 5) is 27.0. The van der Waals surface area contributed by atoms with Crippen LogP contribution in [0.5, 0.6) is 0 Å². The molecule has 22 heavy (non-hydrogen) atoms. The van der Waals surface area contributed by atoms with Gasteiger partial charge in [0.25, 0.3) is 5.91 Å². The Morgan fingerprint density at radius 1 is 1.00 bits per heavy atom. The van der Waals surface area contributed by atoms with Gasteiger partial charge in [-0.3, -0.25) is 9.59 Å². The molecule has 4 N–H and O–H groups in total. The lowest BCUT2D eigenvalue weighted by molar-refractivity contribution is -0.120. The minimum atomic E-state index is -0.861. The Bertz CT molecular complexity index is 791. The lowest BCUT2D eigenvalue weighted by atomic mass is 10.1. The van der Waals surface area contributed by atoms with Gasteiger partial charge in [0, 0.05) is 10.9 Å². The predicted octanol–water partition coefficient (Wildman–Crippen LogP) is 2.12. The van der Waals surface area contributed by atoms with Crippen LogP contribution in [0.25, 0.3) is 10.9 Å². The minimum Gasteiger partial charge on any atom is -0.368 e. The molecular weight excluding hydrogens is 278 g/mol. The van der Waals surface area contributed by atoms with Crippen LogP contribution in [0.1, 0.15) is 22.1 Å². The van der Waals surface area contributed by atoms with Crippen LogP contribution in [0.15, 0.2) is 60.7 Å². The molecule has 0 bridgehead atoms. The fourth-order valence-electron chi connectivity index (χ4n) is 2.37. The molecule has 5 nitrogen and oxygen atoms in total. The van der Waals surface area contributed by atoms with Gasteiger partial charge >= 0.3 is 0 Å². The van der Waals surface area contributed by atoms with E-state index in [1.165, 1.54) is 0 Å². The molecule has 5 heteroatoms. The van der Waals surface area contributed by atoms with Crippen LogP contribution >= 0.6 is 0 Å². The van der Waals surface area contributed by atoms with E-state index in [0.717, 1.165) is 10.9 Å². The maximum atomic E-state index is 12.4. The highest BCUT2D eigenvalue weighted by Gasteiger charge is 2.21. The normalized spacial score (nSPS) is 12.0. The summed E-state index contributed by atoms with van der Waals surface area (Å²) in [6.07, 6.45) is 0. The van der Waals surface area contributed by atoms with Gasteiger partial charge in [0.1, 0.15) is 11.7 Å². The molecule has 0 unspecified atom stereocenters. The molecule has 0 aliphatic rings. The average molecular weight is 293 g/mol. The van der Waals surface area contributed by atoms with Crippen LogP contribution in [0, 0.1) is 0 Å². The number of benzene rings is 2. The second-order valence-corrected chi connectivity index (χ2v) is 4.99. The lowest BCUT2D eigenvalue weighted by Gasteiger charge is -2.15. The van der Waals surface area contributed by atoms with Gasteiger partial charge in [0.05, 0.1) is 0 Å². The third-order valence-corrected chi connectivity index (χ3v) is 3.47. The number of hydrogen-bond acceptors (Lipinski definition) is 2. The summed E-state index contributed by atoms with van der Waals surface area (Å²) in [6, 6.07) is 17.4. The van der Waals surface area contributed by atoms with E-state index in [0.29, 0.717) is 11.3 Å². The van der Waals surface area contributed by atoms with Gasteiger partial charge < -0.3 is 16.0 Å². The predicted molar refractivity (Wildman–Crippen MR) is 84.1 cm³/mol.